The standard InChI is InChI=1S/C66H84F2N12O8/c1-41-31-77(37-57(81)79-39-65(3,4)59-53(79)25-47(61(83)73-59)23-43-11-15-49(67)16-12-43)51(29-69-41)33-75-19-21-87-55(35-75)63(85)71-27-45-7-9-46(10-8-45)28-72-64(86)56-36-76(20-22-88-56)34-52-30-70-42(2)32-78(52)38-58(82)80-40-66(5,6)60-54(80)26-48(62(84)74-60)24-44-13-17-50(68)18-14-44/h7-18,25-26,41-42,51-52,55-56,69-70H,19-24,27-40H2,1-6H3,(H,71,85)(H,72,86)(H,73,83)(H,74,84)/t41-,42-,51-,52-,55+,56+/m1/s1. The molecule has 3 aromatic carbocycles. The summed E-state index contributed by atoms with van der Waals surface area (Å²) in [6.45, 7) is 20.9. The number of nitrogens with one attached hydrogen (secondary N) is 6. The van der Waals surface area contributed by atoms with Crippen molar-refractivity contribution in [2.45, 2.75) is 115 Å². The second-order valence-electron chi connectivity index (χ2n) is 26.4. The summed E-state index contributed by atoms with van der Waals surface area (Å²) in [5.74, 6) is -1.22. The van der Waals surface area contributed by atoms with E-state index in [1.165, 1.54) is 24.3 Å². The molecule has 22 heteroatoms. The fraction of sp³-hybridized carbons (Fsp3) is 0.515. The van der Waals surface area contributed by atoms with E-state index < -0.39 is 23.0 Å². The molecule has 470 valence electrons. The van der Waals surface area contributed by atoms with Crippen molar-refractivity contribution in [3.8, 4) is 0 Å². The number of morpholine rings is 2. The van der Waals surface area contributed by atoms with Crippen LogP contribution < -0.4 is 42.2 Å². The lowest BCUT2D eigenvalue weighted by molar-refractivity contribution is -0.139. The number of nitrogens with zero attached hydrogens (tertiary/aromatic N) is 6. The molecule has 11 rings (SSSR count). The highest BCUT2D eigenvalue weighted by Gasteiger charge is 2.43. The van der Waals surface area contributed by atoms with Gasteiger partial charge in [-0.15, -0.1) is 0 Å². The molecular weight excluding hydrogens is 1130 g/mol. The molecule has 88 heavy (non-hydrogen) atoms. The van der Waals surface area contributed by atoms with Gasteiger partial charge in [0.2, 0.25) is 11.8 Å². The zero-order chi connectivity index (χ0) is 62.0. The van der Waals surface area contributed by atoms with Crippen molar-refractivity contribution in [1.29, 1.82) is 0 Å². The number of hydrogen-bond donors (Lipinski definition) is 6. The highest BCUT2D eigenvalue weighted by atomic mass is 19.1. The number of ether oxygens (including phenoxy) is 2. The molecule has 0 bridgehead atoms. The molecule has 4 saturated heterocycles. The highest BCUT2D eigenvalue weighted by Crippen LogP contribution is 2.41. The lowest BCUT2D eigenvalue weighted by Gasteiger charge is -2.43. The van der Waals surface area contributed by atoms with Crippen molar-refractivity contribution in [2.24, 2.45) is 0 Å². The largest absolute Gasteiger partial charge is 0.366 e. The summed E-state index contributed by atoms with van der Waals surface area (Å²) in [7, 11) is 0. The smallest absolute Gasteiger partial charge is 0.251 e. The fourth-order valence-corrected chi connectivity index (χ4v) is 13.4. The highest BCUT2D eigenvalue weighted by molar-refractivity contribution is 5.98. The normalized spacial score (nSPS) is 24.0. The molecule has 8 heterocycles. The lowest BCUT2D eigenvalue weighted by atomic mass is 9.91. The van der Waals surface area contributed by atoms with E-state index in [1.54, 1.807) is 34.1 Å². The van der Waals surface area contributed by atoms with Crippen LogP contribution in [0.25, 0.3) is 0 Å². The summed E-state index contributed by atoms with van der Waals surface area (Å²) in [6, 6.07) is 23.8. The Bertz CT molecular complexity index is 3240. The minimum atomic E-state index is -0.676. The Kier molecular flexibility index (Phi) is 18.9. The zero-order valence-corrected chi connectivity index (χ0v) is 51.4. The number of piperazine rings is 2. The van der Waals surface area contributed by atoms with Crippen molar-refractivity contribution in [3.05, 3.63) is 162 Å². The van der Waals surface area contributed by atoms with Crippen molar-refractivity contribution in [1.82, 2.24) is 50.8 Å². The first-order valence-electron chi connectivity index (χ1n) is 31.0. The van der Waals surface area contributed by atoms with E-state index in [0.717, 1.165) is 33.6 Å². The summed E-state index contributed by atoms with van der Waals surface area (Å²) in [6.07, 6.45) is -0.738. The van der Waals surface area contributed by atoms with Crippen LogP contribution in [0.1, 0.15) is 86.3 Å². The molecule has 2 aromatic heterocycles. The third-order valence-corrected chi connectivity index (χ3v) is 18.4. The number of carbonyl (C=O) groups excluding carboxylic acids is 4. The Balaban J connectivity index is 0.629. The fourth-order valence-electron chi connectivity index (χ4n) is 13.4. The van der Waals surface area contributed by atoms with Gasteiger partial charge in [0.05, 0.1) is 37.7 Å². The molecule has 4 amide bonds. The Hall–Kier alpha value is -7.02. The van der Waals surface area contributed by atoms with Gasteiger partial charge in [-0.1, -0.05) is 76.2 Å². The van der Waals surface area contributed by atoms with Gasteiger partial charge in [-0.3, -0.25) is 48.4 Å². The molecule has 4 fully saturated rings. The number of anilines is 2. The van der Waals surface area contributed by atoms with Crippen LogP contribution in [-0.2, 0) is 65.4 Å². The first kappa shape index (κ1) is 62.6. The number of amides is 4. The molecule has 5 aromatic rings. The second kappa shape index (κ2) is 26.6. The van der Waals surface area contributed by atoms with Gasteiger partial charge >= 0.3 is 0 Å². The van der Waals surface area contributed by atoms with E-state index in [0.29, 0.717) is 140 Å². The third kappa shape index (κ3) is 14.7. The zero-order valence-electron chi connectivity index (χ0n) is 51.4. The molecule has 6 aliphatic rings. The Morgan fingerprint density at radius 2 is 0.932 bits per heavy atom. The van der Waals surface area contributed by atoms with Crippen LogP contribution in [0.5, 0.6) is 0 Å². The number of aromatic nitrogens is 2. The van der Waals surface area contributed by atoms with Crippen molar-refractivity contribution < 1.29 is 37.4 Å². The molecule has 20 nitrogen and oxygen atoms in total. The molecule has 0 aliphatic carbocycles. The summed E-state index contributed by atoms with van der Waals surface area (Å²) < 4.78 is 39.3. The van der Waals surface area contributed by atoms with E-state index in [2.05, 4.69) is 64.7 Å². The van der Waals surface area contributed by atoms with Crippen LogP contribution >= 0.6 is 0 Å². The van der Waals surface area contributed by atoms with Gasteiger partial charge in [0.1, 0.15) is 23.8 Å². The predicted molar refractivity (Wildman–Crippen MR) is 331 cm³/mol. The average molecular weight is 1210 g/mol. The molecule has 0 saturated carbocycles. The number of benzene rings is 3. The molecule has 0 unspecified atom stereocenters. The number of aromatic amines is 2. The number of fused-ring (bicyclic) bond motifs is 2. The predicted octanol–water partition coefficient (Wildman–Crippen LogP) is 3.13. The number of H-pyrrole nitrogens is 2. The van der Waals surface area contributed by atoms with Crippen LogP contribution in [-0.4, -0.2) is 194 Å². The maximum Gasteiger partial charge on any atom is 0.251 e. The second-order valence-corrected chi connectivity index (χ2v) is 26.4. The average Bonchev–Trinajstić information content (AvgIpc) is 2.75. The molecule has 0 radical (unpaired) electrons. The van der Waals surface area contributed by atoms with Crippen LogP contribution in [0.3, 0.4) is 0 Å². The maximum atomic E-state index is 14.4. The van der Waals surface area contributed by atoms with E-state index in [-0.39, 0.29) is 83.6 Å². The lowest BCUT2D eigenvalue weighted by Crippen LogP contribution is -2.62. The molecule has 0 spiro atoms. The van der Waals surface area contributed by atoms with E-state index in [4.69, 9.17) is 9.47 Å². The monoisotopic (exact) mass is 1210 g/mol. The Morgan fingerprint density at radius 1 is 0.557 bits per heavy atom. The number of carbonyl (C=O) groups is 4. The minimum Gasteiger partial charge on any atom is -0.366 e. The van der Waals surface area contributed by atoms with Crippen LogP contribution in [0.2, 0.25) is 0 Å². The van der Waals surface area contributed by atoms with Crippen molar-refractivity contribution >= 4 is 35.0 Å². The SMILES string of the molecule is C[C@@H]1CN(CC(=O)N2CC(C)(C)c3[nH]c(=O)c(Cc4ccc(F)cc4)cc32)[C@@H](CN2CCO[C@H](C(=O)NCc3ccc(CNC(=O)[C@@H]4CN(C[C@H]5CN[C@H](C)CN5CC(=O)N5CC(C)(C)c6[nH]c(=O)c(Cc7ccc(F)cc7)cc65)CCO4)cc3)C2)CN1. The van der Waals surface area contributed by atoms with Gasteiger partial charge in [0, 0.05) is 162 Å². The third-order valence-electron chi connectivity index (χ3n) is 18.4. The van der Waals surface area contributed by atoms with Gasteiger partial charge < -0.3 is 50.5 Å². The topological polar surface area (TPSA) is 220 Å². The first-order chi connectivity index (χ1) is 42.1. The van der Waals surface area contributed by atoms with Gasteiger partial charge in [-0.2, -0.15) is 0 Å². The number of hydrogen-bond acceptors (Lipinski definition) is 14. The van der Waals surface area contributed by atoms with Crippen LogP contribution in [0, 0.1) is 11.6 Å². The summed E-state index contributed by atoms with van der Waals surface area (Å²) in [5, 5.41) is 13.3. The van der Waals surface area contributed by atoms with Crippen molar-refractivity contribution in [2.75, 3.05) is 115 Å². The van der Waals surface area contributed by atoms with Gasteiger partial charge in [-0.25, -0.2) is 8.78 Å². The summed E-state index contributed by atoms with van der Waals surface area (Å²) in [5.41, 5.74) is 5.87. The Morgan fingerprint density at radius 3 is 1.32 bits per heavy atom. The van der Waals surface area contributed by atoms with E-state index >= 15 is 0 Å². The van der Waals surface area contributed by atoms with Gasteiger partial charge in [0.25, 0.3) is 22.9 Å². The van der Waals surface area contributed by atoms with Gasteiger partial charge in [0.15, 0.2) is 0 Å². The van der Waals surface area contributed by atoms with Crippen LogP contribution in [0.15, 0.2) is 94.5 Å². The van der Waals surface area contributed by atoms with Crippen LogP contribution in [0.4, 0.5) is 20.2 Å². The van der Waals surface area contributed by atoms with Crippen molar-refractivity contribution in [3.63, 3.8) is 0 Å². The molecule has 6 aliphatic heterocycles. The minimum absolute atomic E-state index is 0.0104. The quantitative estimate of drug-likeness (QED) is 0.0744. The maximum absolute atomic E-state index is 14.4. The molecule has 6 atom stereocenters. The number of rotatable bonds is 18. The van der Waals surface area contributed by atoms with Gasteiger partial charge in [-0.05, 0) is 72.5 Å². The summed E-state index contributed by atoms with van der Waals surface area (Å²) in [4.78, 5) is 101. The molecular formula is C66H84F2N12O8. The molecule has 6 N–H and O–H groups in total. The van der Waals surface area contributed by atoms with E-state index in [9.17, 15) is 37.5 Å². The number of pyridine rings is 2. The first-order valence-corrected chi connectivity index (χ1v) is 31.0. The number of halogens is 2. The summed E-state index contributed by atoms with van der Waals surface area (Å²) >= 11 is 0. The Labute approximate surface area is 512 Å². The van der Waals surface area contributed by atoms with E-state index in [1.807, 2.05) is 64.1 Å².